The predicted octanol–water partition coefficient (Wildman–Crippen LogP) is 1.77. The Kier molecular flexibility index (Phi) is 7.60. The molecule has 6 nitrogen and oxygen atoms in total. The van der Waals surface area contributed by atoms with Crippen molar-refractivity contribution in [1.82, 2.24) is 5.32 Å². The maximum Gasteiger partial charge on any atom is 0.330 e. The zero-order valence-corrected chi connectivity index (χ0v) is 12.0. The van der Waals surface area contributed by atoms with E-state index in [1.54, 1.807) is 37.3 Å². The summed E-state index contributed by atoms with van der Waals surface area (Å²) in [5, 5.41) is 13.9. The summed E-state index contributed by atoms with van der Waals surface area (Å²) >= 11 is 0. The molecule has 1 rings (SSSR count). The highest BCUT2D eigenvalue weighted by Gasteiger charge is 2.00. The summed E-state index contributed by atoms with van der Waals surface area (Å²) in [6, 6.07) is 6.70. The van der Waals surface area contributed by atoms with Gasteiger partial charge in [-0.1, -0.05) is 12.1 Å². The molecule has 0 aliphatic rings. The van der Waals surface area contributed by atoms with Crippen LogP contribution in [-0.2, 0) is 9.53 Å². The zero-order valence-electron chi connectivity index (χ0n) is 12.0. The van der Waals surface area contributed by atoms with Crippen LogP contribution in [0.2, 0.25) is 0 Å². The van der Waals surface area contributed by atoms with Crippen LogP contribution in [0, 0.1) is 0 Å². The minimum absolute atomic E-state index is 0.0434. The van der Waals surface area contributed by atoms with Gasteiger partial charge in [-0.25, -0.2) is 9.59 Å². The summed E-state index contributed by atoms with van der Waals surface area (Å²) in [7, 11) is 0. The van der Waals surface area contributed by atoms with Gasteiger partial charge in [0, 0.05) is 24.9 Å². The van der Waals surface area contributed by atoms with Crippen LogP contribution in [0.5, 0.6) is 0 Å². The molecule has 0 aliphatic heterocycles. The van der Waals surface area contributed by atoms with Gasteiger partial charge in [0.15, 0.2) is 0 Å². The number of rotatable bonds is 7. The Labute approximate surface area is 123 Å². The van der Waals surface area contributed by atoms with Crippen molar-refractivity contribution in [1.29, 1.82) is 0 Å². The molecular weight excluding hydrogens is 272 g/mol. The number of aliphatic hydroxyl groups is 1. The Hall–Kier alpha value is -2.34. The normalized spacial score (nSPS) is 10.4. The fraction of sp³-hybridized carbons (Fsp3) is 0.333. The quantitative estimate of drug-likeness (QED) is 0.406. The lowest BCUT2D eigenvalue weighted by atomic mass is 10.2. The highest BCUT2D eigenvalue weighted by atomic mass is 16.5. The highest BCUT2D eigenvalue weighted by Crippen LogP contribution is 2.10. The highest BCUT2D eigenvalue weighted by molar-refractivity contribution is 5.90. The number of urea groups is 1. The van der Waals surface area contributed by atoms with E-state index in [4.69, 9.17) is 9.84 Å². The maximum absolute atomic E-state index is 11.5. The molecule has 21 heavy (non-hydrogen) atoms. The topological polar surface area (TPSA) is 87.7 Å². The average molecular weight is 292 g/mol. The van der Waals surface area contributed by atoms with Gasteiger partial charge >= 0.3 is 12.0 Å². The lowest BCUT2D eigenvalue weighted by molar-refractivity contribution is -0.137. The molecule has 0 atom stereocenters. The van der Waals surface area contributed by atoms with E-state index in [1.807, 2.05) is 0 Å². The SMILES string of the molecule is CCOC(=O)/C=C/c1ccc(NC(=O)NCCCO)cc1. The number of benzene rings is 1. The molecule has 1 aromatic rings. The van der Waals surface area contributed by atoms with Gasteiger partial charge in [-0.15, -0.1) is 0 Å². The average Bonchev–Trinajstić information content (AvgIpc) is 2.47. The largest absolute Gasteiger partial charge is 0.463 e. The minimum atomic E-state index is -0.386. The molecule has 0 spiro atoms. The van der Waals surface area contributed by atoms with Gasteiger partial charge in [0.1, 0.15) is 0 Å². The fourth-order valence-corrected chi connectivity index (χ4v) is 1.49. The van der Waals surface area contributed by atoms with Crippen LogP contribution in [-0.4, -0.2) is 36.9 Å². The molecule has 6 heteroatoms. The molecule has 0 bridgehead atoms. The summed E-state index contributed by atoms with van der Waals surface area (Å²) in [6.07, 6.45) is 3.52. The molecule has 114 valence electrons. The Balaban J connectivity index is 2.46. The number of aliphatic hydroxyl groups excluding tert-OH is 1. The van der Waals surface area contributed by atoms with Gasteiger partial charge in [-0.3, -0.25) is 0 Å². The summed E-state index contributed by atoms with van der Waals surface area (Å²) < 4.78 is 4.78. The first-order valence-corrected chi connectivity index (χ1v) is 6.76. The summed E-state index contributed by atoms with van der Waals surface area (Å²) in [4.78, 5) is 22.6. The standard InChI is InChI=1S/C15H20N2O4/c1-2-21-14(19)9-6-12-4-7-13(8-5-12)17-15(20)16-10-3-11-18/h4-9,18H,2-3,10-11H2,1H3,(H2,16,17,20)/b9-6+. The van der Waals surface area contributed by atoms with Crippen molar-refractivity contribution in [2.45, 2.75) is 13.3 Å². The van der Waals surface area contributed by atoms with E-state index in [0.717, 1.165) is 5.56 Å². The molecule has 0 saturated carbocycles. The van der Waals surface area contributed by atoms with Crippen LogP contribution >= 0.6 is 0 Å². The number of amides is 2. The van der Waals surface area contributed by atoms with E-state index in [9.17, 15) is 9.59 Å². The molecule has 0 unspecified atom stereocenters. The van der Waals surface area contributed by atoms with Crippen molar-refractivity contribution < 1.29 is 19.4 Å². The van der Waals surface area contributed by atoms with E-state index < -0.39 is 0 Å². The van der Waals surface area contributed by atoms with Crippen molar-refractivity contribution in [3.05, 3.63) is 35.9 Å². The molecule has 0 aromatic heterocycles. The predicted molar refractivity (Wildman–Crippen MR) is 80.8 cm³/mol. The number of ether oxygens (including phenoxy) is 1. The smallest absolute Gasteiger partial charge is 0.330 e. The lowest BCUT2D eigenvalue weighted by Gasteiger charge is -2.07. The monoisotopic (exact) mass is 292 g/mol. The Bertz CT molecular complexity index is 483. The van der Waals surface area contributed by atoms with Crippen LogP contribution in [0.25, 0.3) is 6.08 Å². The molecule has 0 saturated heterocycles. The Morgan fingerprint density at radius 1 is 1.29 bits per heavy atom. The van der Waals surface area contributed by atoms with Crippen molar-refractivity contribution in [2.24, 2.45) is 0 Å². The molecule has 3 N–H and O–H groups in total. The fourth-order valence-electron chi connectivity index (χ4n) is 1.49. The van der Waals surface area contributed by atoms with Gasteiger partial charge in [-0.05, 0) is 37.1 Å². The van der Waals surface area contributed by atoms with Crippen molar-refractivity contribution in [3.63, 3.8) is 0 Å². The van der Waals surface area contributed by atoms with E-state index in [0.29, 0.717) is 25.3 Å². The first-order valence-electron chi connectivity index (χ1n) is 6.76. The number of carbonyl (C=O) groups excluding carboxylic acids is 2. The first-order chi connectivity index (χ1) is 10.2. The van der Waals surface area contributed by atoms with E-state index >= 15 is 0 Å². The van der Waals surface area contributed by atoms with E-state index in [2.05, 4.69) is 10.6 Å². The Morgan fingerprint density at radius 2 is 2.00 bits per heavy atom. The van der Waals surface area contributed by atoms with Crippen molar-refractivity contribution in [2.75, 3.05) is 25.1 Å². The van der Waals surface area contributed by atoms with Crippen LogP contribution in [0.4, 0.5) is 10.5 Å². The first kappa shape index (κ1) is 16.7. The molecule has 1 aromatic carbocycles. The van der Waals surface area contributed by atoms with Crippen LogP contribution < -0.4 is 10.6 Å². The number of anilines is 1. The summed E-state index contributed by atoms with van der Waals surface area (Å²) in [6.45, 7) is 2.56. The number of esters is 1. The molecule has 0 fully saturated rings. The number of carbonyl (C=O) groups is 2. The van der Waals surface area contributed by atoms with Gasteiger partial charge < -0.3 is 20.5 Å². The second-order valence-electron chi connectivity index (χ2n) is 4.17. The number of nitrogens with one attached hydrogen (secondary N) is 2. The van der Waals surface area contributed by atoms with Crippen molar-refractivity contribution >= 4 is 23.8 Å². The zero-order chi connectivity index (χ0) is 15.5. The van der Waals surface area contributed by atoms with E-state index in [-0.39, 0.29) is 18.6 Å². The maximum atomic E-state index is 11.5. The Morgan fingerprint density at radius 3 is 2.62 bits per heavy atom. The van der Waals surface area contributed by atoms with Gasteiger partial charge in [-0.2, -0.15) is 0 Å². The van der Waals surface area contributed by atoms with Crippen LogP contribution in [0.15, 0.2) is 30.3 Å². The molecule has 2 amide bonds. The summed E-state index contributed by atoms with van der Waals surface area (Å²) in [5.74, 6) is -0.386. The third-order valence-electron chi connectivity index (χ3n) is 2.49. The third-order valence-corrected chi connectivity index (χ3v) is 2.49. The second kappa shape index (κ2) is 9.55. The number of hydrogen-bond acceptors (Lipinski definition) is 4. The molecule has 0 heterocycles. The van der Waals surface area contributed by atoms with Gasteiger partial charge in [0.25, 0.3) is 0 Å². The van der Waals surface area contributed by atoms with Crippen molar-refractivity contribution in [3.8, 4) is 0 Å². The lowest BCUT2D eigenvalue weighted by Crippen LogP contribution is -2.29. The molecule has 0 radical (unpaired) electrons. The second-order valence-corrected chi connectivity index (χ2v) is 4.17. The number of hydrogen-bond donors (Lipinski definition) is 3. The molecule has 0 aliphatic carbocycles. The molecular formula is C15H20N2O4. The van der Waals surface area contributed by atoms with E-state index in [1.165, 1.54) is 6.08 Å². The summed E-state index contributed by atoms with van der Waals surface area (Å²) in [5.41, 5.74) is 1.47. The van der Waals surface area contributed by atoms with Gasteiger partial charge in [0.2, 0.25) is 0 Å². The third kappa shape index (κ3) is 7.12. The van der Waals surface area contributed by atoms with Crippen LogP contribution in [0.3, 0.4) is 0 Å². The van der Waals surface area contributed by atoms with Gasteiger partial charge in [0.05, 0.1) is 6.61 Å². The minimum Gasteiger partial charge on any atom is -0.463 e. The van der Waals surface area contributed by atoms with Crippen LogP contribution in [0.1, 0.15) is 18.9 Å².